The molecule has 0 fully saturated rings. The van der Waals surface area contributed by atoms with Crippen molar-refractivity contribution < 1.29 is 28.7 Å². The van der Waals surface area contributed by atoms with Crippen LogP contribution in [-0.4, -0.2) is 46.6 Å². The highest BCUT2D eigenvalue weighted by atomic mass is 16.6. The van der Waals surface area contributed by atoms with Crippen LogP contribution in [0.1, 0.15) is 51.2 Å². The van der Waals surface area contributed by atoms with E-state index in [1.807, 2.05) is 30.3 Å². The molecule has 2 atom stereocenters. The van der Waals surface area contributed by atoms with Crippen molar-refractivity contribution in [2.24, 2.45) is 5.73 Å². The molecule has 0 bridgehead atoms. The Hall–Kier alpha value is -3.95. The van der Waals surface area contributed by atoms with Gasteiger partial charge in [-0.3, -0.25) is 14.6 Å². The number of carbonyl (C=O) groups is 4. The number of hydrogen-bond acceptors (Lipinski definition) is 7. The Labute approximate surface area is 210 Å². The third-order valence-corrected chi connectivity index (χ3v) is 5.02. The van der Waals surface area contributed by atoms with E-state index in [4.69, 9.17) is 15.2 Å². The van der Waals surface area contributed by atoms with Gasteiger partial charge in [-0.05, 0) is 57.2 Å². The Kier molecular flexibility index (Phi) is 10.9. The first-order valence-electron chi connectivity index (χ1n) is 11.7. The largest absolute Gasteiger partial charge is 0.446 e. The molecule has 2 aromatic rings. The number of alkyl carbamates (subject to hydrolysis) is 1. The topological polar surface area (TPSA) is 150 Å². The van der Waals surface area contributed by atoms with Crippen LogP contribution < -0.4 is 16.4 Å². The van der Waals surface area contributed by atoms with Crippen LogP contribution >= 0.6 is 0 Å². The number of pyridine rings is 1. The first-order chi connectivity index (χ1) is 17.0. The lowest BCUT2D eigenvalue weighted by atomic mass is 9.99. The number of nitrogens with one attached hydrogen (secondary N) is 2. The van der Waals surface area contributed by atoms with Gasteiger partial charge in [-0.15, -0.1) is 0 Å². The van der Waals surface area contributed by atoms with E-state index in [0.717, 1.165) is 11.1 Å². The summed E-state index contributed by atoms with van der Waals surface area (Å²) in [7, 11) is 0. The van der Waals surface area contributed by atoms with Crippen molar-refractivity contribution >= 4 is 23.9 Å². The van der Waals surface area contributed by atoms with E-state index in [2.05, 4.69) is 15.6 Å². The summed E-state index contributed by atoms with van der Waals surface area (Å²) in [5, 5.41) is 5.05. The number of amides is 3. The standard InChI is InChI=1S/C26H34N4O6/c1-26(2,3)36-25(34)30-21(22(31)23(32)29-17-19-11-8-14-28-16-19)13-7-12-20(35-24(27)33)15-18-9-5-4-6-10-18/h4-6,8-11,14,16,20-21H,7,12-13,15,17H2,1-3H3,(H2,27,33)(H,29,32)(H,30,34)/t20?,21-/m0/s1. The van der Waals surface area contributed by atoms with Crippen molar-refractivity contribution in [1.82, 2.24) is 15.6 Å². The van der Waals surface area contributed by atoms with Crippen LogP contribution in [0.2, 0.25) is 0 Å². The zero-order valence-corrected chi connectivity index (χ0v) is 20.9. The lowest BCUT2D eigenvalue weighted by Gasteiger charge is -2.23. The van der Waals surface area contributed by atoms with E-state index < -0.39 is 41.6 Å². The van der Waals surface area contributed by atoms with Gasteiger partial charge in [0.1, 0.15) is 17.7 Å². The van der Waals surface area contributed by atoms with Crippen molar-refractivity contribution in [1.29, 1.82) is 0 Å². The number of primary amides is 1. The molecule has 0 radical (unpaired) electrons. The van der Waals surface area contributed by atoms with Crippen LogP contribution in [0, 0.1) is 0 Å². The molecule has 0 saturated carbocycles. The van der Waals surface area contributed by atoms with E-state index in [1.165, 1.54) is 0 Å². The second-order valence-electron chi connectivity index (χ2n) is 9.29. The Morgan fingerprint density at radius 1 is 1.00 bits per heavy atom. The number of benzene rings is 1. The SMILES string of the molecule is CC(C)(C)OC(=O)N[C@@H](CCCC(Cc1ccccc1)OC(N)=O)C(=O)C(=O)NCc1cccnc1. The van der Waals surface area contributed by atoms with Crippen LogP contribution in [0.3, 0.4) is 0 Å². The molecule has 0 aliphatic heterocycles. The lowest BCUT2D eigenvalue weighted by molar-refractivity contribution is -0.139. The van der Waals surface area contributed by atoms with Crippen LogP contribution in [0.25, 0.3) is 0 Å². The third kappa shape index (κ3) is 11.0. The zero-order chi connectivity index (χ0) is 26.6. The first kappa shape index (κ1) is 28.3. The minimum absolute atomic E-state index is 0.114. The van der Waals surface area contributed by atoms with Crippen LogP contribution in [-0.2, 0) is 32.0 Å². The molecule has 1 unspecified atom stereocenters. The number of nitrogens with two attached hydrogens (primary N) is 1. The van der Waals surface area contributed by atoms with Crippen LogP contribution in [0.15, 0.2) is 54.9 Å². The average Bonchev–Trinajstić information content (AvgIpc) is 2.81. The maximum Gasteiger partial charge on any atom is 0.408 e. The number of aromatic nitrogens is 1. The molecule has 10 nitrogen and oxygen atoms in total. The molecule has 0 aliphatic rings. The van der Waals surface area contributed by atoms with E-state index in [-0.39, 0.29) is 13.0 Å². The van der Waals surface area contributed by atoms with Gasteiger partial charge in [0, 0.05) is 25.4 Å². The second kappa shape index (κ2) is 13.8. The molecule has 1 heterocycles. The number of hydrogen-bond donors (Lipinski definition) is 3. The van der Waals surface area contributed by atoms with Crippen molar-refractivity contribution in [3.63, 3.8) is 0 Å². The Morgan fingerprint density at radius 3 is 2.31 bits per heavy atom. The molecule has 0 saturated heterocycles. The summed E-state index contributed by atoms with van der Waals surface area (Å²) in [6.45, 7) is 5.20. The summed E-state index contributed by atoms with van der Waals surface area (Å²) in [5.41, 5.74) is 6.13. The molecule has 1 aromatic carbocycles. The number of nitrogens with zero attached hydrogens (tertiary/aromatic N) is 1. The lowest BCUT2D eigenvalue weighted by Crippen LogP contribution is -2.48. The van der Waals surface area contributed by atoms with Crippen LogP contribution in [0.5, 0.6) is 0 Å². The minimum atomic E-state index is -1.13. The smallest absolute Gasteiger partial charge is 0.408 e. The summed E-state index contributed by atoms with van der Waals surface area (Å²) >= 11 is 0. The fourth-order valence-corrected chi connectivity index (χ4v) is 3.44. The highest BCUT2D eigenvalue weighted by Gasteiger charge is 2.29. The van der Waals surface area contributed by atoms with Gasteiger partial charge in [-0.25, -0.2) is 9.59 Å². The van der Waals surface area contributed by atoms with E-state index in [1.54, 1.807) is 45.3 Å². The highest BCUT2D eigenvalue weighted by Crippen LogP contribution is 2.15. The molecule has 0 aliphatic carbocycles. The van der Waals surface area contributed by atoms with Gasteiger partial charge >= 0.3 is 12.2 Å². The molecule has 36 heavy (non-hydrogen) atoms. The number of Topliss-reactive ketones (excluding diaryl/α,β-unsaturated/α-hetero) is 1. The number of rotatable bonds is 12. The molecule has 4 N–H and O–H groups in total. The predicted octanol–water partition coefficient (Wildman–Crippen LogP) is 3.04. The second-order valence-corrected chi connectivity index (χ2v) is 9.29. The monoisotopic (exact) mass is 498 g/mol. The molecule has 0 spiro atoms. The average molecular weight is 499 g/mol. The molecule has 10 heteroatoms. The van der Waals surface area contributed by atoms with Gasteiger partial charge in [0.15, 0.2) is 0 Å². The fourth-order valence-electron chi connectivity index (χ4n) is 3.44. The molecule has 2 rings (SSSR count). The van der Waals surface area contributed by atoms with Crippen molar-refractivity contribution in [3.8, 4) is 0 Å². The number of carbonyl (C=O) groups excluding carboxylic acids is 4. The zero-order valence-electron chi connectivity index (χ0n) is 20.9. The normalized spacial score (nSPS) is 12.6. The van der Waals surface area contributed by atoms with Gasteiger partial charge in [-0.2, -0.15) is 0 Å². The Morgan fingerprint density at radius 2 is 1.69 bits per heavy atom. The number of ether oxygens (including phenoxy) is 2. The molecule has 1 aromatic heterocycles. The molecule has 3 amide bonds. The van der Waals surface area contributed by atoms with Crippen molar-refractivity contribution in [2.45, 2.75) is 70.7 Å². The van der Waals surface area contributed by atoms with E-state index in [9.17, 15) is 19.2 Å². The van der Waals surface area contributed by atoms with Crippen molar-refractivity contribution in [3.05, 3.63) is 66.0 Å². The van der Waals surface area contributed by atoms with Crippen LogP contribution in [0.4, 0.5) is 9.59 Å². The van der Waals surface area contributed by atoms with Gasteiger partial charge in [-0.1, -0.05) is 36.4 Å². The maximum atomic E-state index is 12.9. The van der Waals surface area contributed by atoms with Gasteiger partial charge in [0.05, 0.1) is 0 Å². The summed E-state index contributed by atoms with van der Waals surface area (Å²) in [5.74, 6) is -1.64. The fraction of sp³-hybridized carbons (Fsp3) is 0.423. The maximum absolute atomic E-state index is 12.9. The minimum Gasteiger partial charge on any atom is -0.446 e. The Balaban J connectivity index is 2.03. The van der Waals surface area contributed by atoms with Gasteiger partial charge < -0.3 is 25.8 Å². The third-order valence-electron chi connectivity index (χ3n) is 5.02. The van der Waals surface area contributed by atoms with E-state index >= 15 is 0 Å². The summed E-state index contributed by atoms with van der Waals surface area (Å²) < 4.78 is 10.5. The molecule has 194 valence electrons. The molecular weight excluding hydrogens is 464 g/mol. The summed E-state index contributed by atoms with van der Waals surface area (Å²) in [6.07, 6.45) is 2.25. The summed E-state index contributed by atoms with van der Waals surface area (Å²) in [6, 6.07) is 11.8. The van der Waals surface area contributed by atoms with E-state index in [0.29, 0.717) is 19.3 Å². The number of ketones is 1. The van der Waals surface area contributed by atoms with Crippen molar-refractivity contribution in [2.75, 3.05) is 0 Å². The predicted molar refractivity (Wildman–Crippen MR) is 133 cm³/mol. The summed E-state index contributed by atoms with van der Waals surface area (Å²) in [4.78, 5) is 53.1. The highest BCUT2D eigenvalue weighted by molar-refractivity contribution is 6.38. The quantitative estimate of drug-likeness (QED) is 0.381. The Bertz CT molecular complexity index is 1010. The first-order valence-corrected chi connectivity index (χ1v) is 11.7. The van der Waals surface area contributed by atoms with Gasteiger partial charge in [0.25, 0.3) is 5.91 Å². The van der Waals surface area contributed by atoms with Gasteiger partial charge in [0.2, 0.25) is 5.78 Å². The molecular formula is C26H34N4O6.